The zero-order valence-electron chi connectivity index (χ0n) is 9.15. The molecule has 0 unspecified atom stereocenters. The number of nitrogen functional groups attached to an aromatic ring is 1. The number of hydrogen-bond acceptors (Lipinski definition) is 7. The molecule has 8 nitrogen and oxygen atoms in total. The summed E-state index contributed by atoms with van der Waals surface area (Å²) in [6.45, 7) is 2.42. The van der Waals surface area contributed by atoms with Crippen molar-refractivity contribution in [2.75, 3.05) is 31.2 Å². The number of nitrogens with zero attached hydrogens (tertiary/aromatic N) is 3. The fourth-order valence-electron chi connectivity index (χ4n) is 0.955. The molecule has 0 atom stereocenters. The second kappa shape index (κ2) is 5.69. The van der Waals surface area contributed by atoms with Crippen LogP contribution >= 0.6 is 0 Å². The number of nitrogens with one attached hydrogen (secondary N) is 2. The van der Waals surface area contributed by atoms with E-state index in [9.17, 15) is 4.79 Å². The minimum absolute atomic E-state index is 0.0777. The number of rotatable bonds is 5. The second-order valence-electron chi connectivity index (χ2n) is 2.91. The Balaban J connectivity index is 2.47. The molecule has 1 heterocycles. The Morgan fingerprint density at radius 3 is 2.75 bits per heavy atom. The maximum atomic E-state index is 10.6. The van der Waals surface area contributed by atoms with E-state index in [1.54, 1.807) is 0 Å². The lowest BCUT2D eigenvalue weighted by atomic mass is 10.6. The Labute approximate surface area is 92.6 Å². The van der Waals surface area contributed by atoms with Gasteiger partial charge in [0.2, 0.25) is 17.8 Å². The Bertz CT molecular complexity index is 370. The fourth-order valence-corrected chi connectivity index (χ4v) is 0.955. The van der Waals surface area contributed by atoms with Gasteiger partial charge >= 0.3 is 6.01 Å². The summed E-state index contributed by atoms with van der Waals surface area (Å²) in [5.74, 6) is 0.304. The molecule has 0 saturated heterocycles. The van der Waals surface area contributed by atoms with Gasteiger partial charge in [0.1, 0.15) is 0 Å². The fraction of sp³-hybridized carbons (Fsp3) is 0.500. The molecule has 0 aromatic carbocycles. The van der Waals surface area contributed by atoms with Gasteiger partial charge in [0, 0.05) is 20.0 Å². The number of methoxy groups -OCH3 is 1. The van der Waals surface area contributed by atoms with E-state index in [0.717, 1.165) is 0 Å². The first-order chi connectivity index (χ1) is 7.61. The van der Waals surface area contributed by atoms with Crippen LogP contribution in [0.15, 0.2) is 0 Å². The molecule has 0 aliphatic carbocycles. The van der Waals surface area contributed by atoms with Gasteiger partial charge in [-0.3, -0.25) is 4.79 Å². The van der Waals surface area contributed by atoms with E-state index in [-0.39, 0.29) is 17.9 Å². The summed E-state index contributed by atoms with van der Waals surface area (Å²) in [7, 11) is 1.44. The molecule has 1 rings (SSSR count). The van der Waals surface area contributed by atoms with E-state index in [0.29, 0.717) is 19.0 Å². The number of amides is 1. The standard InChI is InChI=1S/C8H14N6O2/c1-5(15)10-3-4-11-7-12-6(9)13-8(14-7)16-2/h3-4H2,1-2H3,(H,10,15)(H3,9,11,12,13,14). The van der Waals surface area contributed by atoms with Gasteiger partial charge in [0.25, 0.3) is 0 Å². The topological polar surface area (TPSA) is 115 Å². The number of nitrogens with two attached hydrogens (primary N) is 1. The maximum absolute atomic E-state index is 10.6. The summed E-state index contributed by atoms with van der Waals surface area (Å²) in [5, 5.41) is 5.50. The normalized spacial score (nSPS) is 9.62. The van der Waals surface area contributed by atoms with Crippen LogP contribution in [0.5, 0.6) is 6.01 Å². The molecule has 88 valence electrons. The van der Waals surface area contributed by atoms with Crippen LogP contribution in [0.1, 0.15) is 6.92 Å². The summed E-state index contributed by atoms with van der Waals surface area (Å²) < 4.78 is 4.83. The van der Waals surface area contributed by atoms with E-state index in [2.05, 4.69) is 25.6 Å². The zero-order valence-corrected chi connectivity index (χ0v) is 9.15. The molecule has 8 heteroatoms. The molecule has 1 aromatic heterocycles. The van der Waals surface area contributed by atoms with Crippen molar-refractivity contribution in [1.29, 1.82) is 0 Å². The molecule has 0 spiro atoms. The van der Waals surface area contributed by atoms with E-state index < -0.39 is 0 Å². The molecule has 16 heavy (non-hydrogen) atoms. The molecule has 1 aromatic rings. The van der Waals surface area contributed by atoms with Crippen LogP contribution in [0.25, 0.3) is 0 Å². The summed E-state index contributed by atoms with van der Waals surface area (Å²) in [4.78, 5) is 22.1. The summed E-state index contributed by atoms with van der Waals surface area (Å²) in [5.41, 5.74) is 5.44. The minimum atomic E-state index is -0.0884. The molecule has 0 bridgehead atoms. The molecule has 4 N–H and O–H groups in total. The van der Waals surface area contributed by atoms with Crippen molar-refractivity contribution in [2.45, 2.75) is 6.92 Å². The molecule has 0 aliphatic rings. The van der Waals surface area contributed by atoms with Gasteiger partial charge in [-0.25, -0.2) is 0 Å². The van der Waals surface area contributed by atoms with Crippen LogP contribution in [0.4, 0.5) is 11.9 Å². The van der Waals surface area contributed by atoms with Crippen LogP contribution in [0.3, 0.4) is 0 Å². The third-order valence-corrected chi connectivity index (χ3v) is 1.60. The Kier molecular flexibility index (Phi) is 4.25. The molecule has 1 amide bonds. The second-order valence-corrected chi connectivity index (χ2v) is 2.91. The van der Waals surface area contributed by atoms with Crippen LogP contribution in [0, 0.1) is 0 Å². The third kappa shape index (κ3) is 3.95. The predicted octanol–water partition coefficient (Wildman–Crippen LogP) is -0.990. The highest BCUT2D eigenvalue weighted by molar-refractivity contribution is 5.72. The van der Waals surface area contributed by atoms with Gasteiger partial charge in [0.15, 0.2) is 0 Å². The number of aromatic nitrogens is 3. The average Bonchev–Trinajstić information content (AvgIpc) is 2.23. The lowest BCUT2D eigenvalue weighted by Gasteiger charge is -2.06. The van der Waals surface area contributed by atoms with Crippen LogP contribution < -0.4 is 21.1 Å². The predicted molar refractivity (Wildman–Crippen MR) is 58.0 cm³/mol. The average molecular weight is 226 g/mol. The van der Waals surface area contributed by atoms with Crippen molar-refractivity contribution in [2.24, 2.45) is 0 Å². The lowest BCUT2D eigenvalue weighted by molar-refractivity contribution is -0.118. The highest BCUT2D eigenvalue weighted by atomic mass is 16.5. The van der Waals surface area contributed by atoms with E-state index in [4.69, 9.17) is 10.5 Å². The van der Waals surface area contributed by atoms with Crippen molar-refractivity contribution in [3.05, 3.63) is 0 Å². The minimum Gasteiger partial charge on any atom is -0.467 e. The van der Waals surface area contributed by atoms with E-state index in [1.165, 1.54) is 14.0 Å². The number of ether oxygens (including phenoxy) is 1. The van der Waals surface area contributed by atoms with Gasteiger partial charge < -0.3 is 21.1 Å². The number of hydrogen-bond donors (Lipinski definition) is 3. The number of anilines is 2. The first-order valence-corrected chi connectivity index (χ1v) is 4.65. The maximum Gasteiger partial charge on any atom is 0.322 e. The quantitative estimate of drug-likeness (QED) is 0.552. The summed E-state index contributed by atoms with van der Waals surface area (Å²) >= 11 is 0. The highest BCUT2D eigenvalue weighted by Gasteiger charge is 2.03. The van der Waals surface area contributed by atoms with Gasteiger partial charge in [-0.05, 0) is 0 Å². The smallest absolute Gasteiger partial charge is 0.322 e. The van der Waals surface area contributed by atoms with Gasteiger partial charge in [-0.1, -0.05) is 0 Å². The van der Waals surface area contributed by atoms with Crippen molar-refractivity contribution in [3.8, 4) is 6.01 Å². The Hall–Kier alpha value is -2.12. The first-order valence-electron chi connectivity index (χ1n) is 4.65. The van der Waals surface area contributed by atoms with E-state index in [1.807, 2.05) is 0 Å². The molecule has 0 radical (unpaired) electrons. The van der Waals surface area contributed by atoms with E-state index >= 15 is 0 Å². The lowest BCUT2D eigenvalue weighted by Crippen LogP contribution is -2.26. The van der Waals surface area contributed by atoms with Gasteiger partial charge in [-0.15, -0.1) is 0 Å². The van der Waals surface area contributed by atoms with Crippen LogP contribution in [0.2, 0.25) is 0 Å². The monoisotopic (exact) mass is 226 g/mol. The van der Waals surface area contributed by atoms with Crippen LogP contribution in [-0.4, -0.2) is 41.1 Å². The molecular weight excluding hydrogens is 212 g/mol. The molecule has 0 saturated carbocycles. The van der Waals surface area contributed by atoms with Crippen molar-refractivity contribution >= 4 is 17.8 Å². The zero-order chi connectivity index (χ0) is 12.0. The van der Waals surface area contributed by atoms with Crippen molar-refractivity contribution < 1.29 is 9.53 Å². The summed E-state index contributed by atoms with van der Waals surface area (Å²) in [6.07, 6.45) is 0. The van der Waals surface area contributed by atoms with Crippen molar-refractivity contribution in [3.63, 3.8) is 0 Å². The summed E-state index contributed by atoms with van der Waals surface area (Å²) in [6, 6.07) is 0.148. The molecule has 0 fully saturated rings. The Morgan fingerprint density at radius 2 is 2.12 bits per heavy atom. The third-order valence-electron chi connectivity index (χ3n) is 1.60. The molecular formula is C8H14N6O2. The van der Waals surface area contributed by atoms with Crippen LogP contribution in [-0.2, 0) is 4.79 Å². The first kappa shape index (κ1) is 12.0. The largest absolute Gasteiger partial charge is 0.467 e. The van der Waals surface area contributed by atoms with Gasteiger partial charge in [0.05, 0.1) is 7.11 Å². The Morgan fingerprint density at radius 1 is 1.38 bits per heavy atom. The highest BCUT2D eigenvalue weighted by Crippen LogP contribution is 2.07. The van der Waals surface area contributed by atoms with Crippen molar-refractivity contribution in [1.82, 2.24) is 20.3 Å². The number of carbonyl (C=O) groups is 1. The number of carbonyl (C=O) groups excluding carboxylic acids is 1. The van der Waals surface area contributed by atoms with Gasteiger partial charge in [-0.2, -0.15) is 15.0 Å². The molecule has 0 aliphatic heterocycles. The SMILES string of the molecule is COc1nc(N)nc(NCCNC(C)=O)n1.